The fourth-order valence-electron chi connectivity index (χ4n) is 2.68. The maximum absolute atomic E-state index is 4.63. The van der Waals surface area contributed by atoms with Gasteiger partial charge in [0, 0.05) is 17.9 Å². The second-order valence-corrected chi connectivity index (χ2v) is 6.13. The van der Waals surface area contributed by atoms with E-state index in [4.69, 9.17) is 0 Å². The maximum atomic E-state index is 4.63. The van der Waals surface area contributed by atoms with Crippen molar-refractivity contribution < 1.29 is 0 Å². The molecule has 0 saturated heterocycles. The van der Waals surface area contributed by atoms with Gasteiger partial charge in [-0.15, -0.1) is 5.10 Å². The molecule has 0 spiro atoms. The minimum absolute atomic E-state index is 0.613. The molecule has 0 bridgehead atoms. The predicted molar refractivity (Wildman–Crippen MR) is 82.5 cm³/mol. The molecule has 0 radical (unpaired) electrons. The summed E-state index contributed by atoms with van der Waals surface area (Å²) in [5, 5.41) is 16.3. The molecule has 1 aliphatic carbocycles. The van der Waals surface area contributed by atoms with Crippen LogP contribution in [0.15, 0.2) is 18.3 Å². The van der Waals surface area contributed by atoms with Gasteiger partial charge < -0.3 is 5.32 Å². The van der Waals surface area contributed by atoms with E-state index in [-0.39, 0.29) is 0 Å². The summed E-state index contributed by atoms with van der Waals surface area (Å²) in [5.41, 5.74) is 3.61. The monoisotopic (exact) mass is 285 g/mol. The lowest BCUT2D eigenvalue weighted by molar-refractivity contribution is 0.507. The molecule has 112 valence electrons. The molecular formula is C16H23N5. The van der Waals surface area contributed by atoms with E-state index in [9.17, 15) is 0 Å². The molecule has 1 aliphatic rings. The number of hydrogen-bond donors (Lipinski definition) is 1. The highest BCUT2D eigenvalue weighted by Crippen LogP contribution is 2.22. The Labute approximate surface area is 125 Å². The minimum atomic E-state index is 0.613. The Balaban J connectivity index is 1.74. The molecule has 2 aromatic rings. The average molecular weight is 285 g/mol. The van der Waals surface area contributed by atoms with Crippen LogP contribution in [0.1, 0.15) is 36.7 Å². The van der Waals surface area contributed by atoms with Gasteiger partial charge in [-0.1, -0.05) is 6.92 Å². The first-order valence-corrected chi connectivity index (χ1v) is 7.71. The van der Waals surface area contributed by atoms with Crippen molar-refractivity contribution in [3.63, 3.8) is 0 Å². The Morgan fingerprint density at radius 2 is 2.19 bits per heavy atom. The number of hydrogen-bond acceptors (Lipinski definition) is 4. The first kappa shape index (κ1) is 14.2. The first-order chi connectivity index (χ1) is 10.1. The molecule has 1 fully saturated rings. The molecular weight excluding hydrogens is 262 g/mol. The van der Waals surface area contributed by atoms with Gasteiger partial charge in [0.1, 0.15) is 0 Å². The third-order valence-electron chi connectivity index (χ3n) is 4.10. The van der Waals surface area contributed by atoms with Crippen LogP contribution in [0.25, 0.3) is 5.82 Å². The summed E-state index contributed by atoms with van der Waals surface area (Å²) in [7, 11) is 0. The van der Waals surface area contributed by atoms with E-state index in [1.54, 1.807) is 6.20 Å². The molecule has 21 heavy (non-hydrogen) atoms. The molecule has 5 heteroatoms. The molecule has 0 aliphatic heterocycles. The lowest BCUT2D eigenvalue weighted by Crippen LogP contribution is -2.24. The van der Waals surface area contributed by atoms with Crippen LogP contribution in [0.3, 0.4) is 0 Å². The Morgan fingerprint density at radius 3 is 2.86 bits per heavy atom. The largest absolute Gasteiger partial charge is 0.314 e. The van der Waals surface area contributed by atoms with Crippen LogP contribution in [0.4, 0.5) is 0 Å². The van der Waals surface area contributed by atoms with E-state index >= 15 is 0 Å². The Hall–Kier alpha value is -1.75. The lowest BCUT2D eigenvalue weighted by Gasteiger charge is -2.12. The molecule has 1 N–H and O–H groups in total. The van der Waals surface area contributed by atoms with Gasteiger partial charge in [-0.2, -0.15) is 10.2 Å². The second-order valence-electron chi connectivity index (χ2n) is 6.13. The van der Waals surface area contributed by atoms with Crippen LogP contribution >= 0.6 is 0 Å². The van der Waals surface area contributed by atoms with Gasteiger partial charge in [-0.05, 0) is 63.3 Å². The van der Waals surface area contributed by atoms with E-state index in [2.05, 4.69) is 41.4 Å². The summed E-state index contributed by atoms with van der Waals surface area (Å²) < 4.78 is 1.90. The van der Waals surface area contributed by atoms with Gasteiger partial charge in [0.25, 0.3) is 0 Å². The summed E-state index contributed by atoms with van der Waals surface area (Å²) in [5.74, 6) is 1.40. The van der Waals surface area contributed by atoms with Gasteiger partial charge in [0.05, 0.1) is 5.69 Å². The molecule has 2 heterocycles. The van der Waals surface area contributed by atoms with Crippen molar-refractivity contribution in [1.29, 1.82) is 0 Å². The molecule has 0 amide bonds. The number of nitrogens with zero attached hydrogens (tertiary/aromatic N) is 4. The average Bonchev–Trinajstić information content (AvgIpc) is 3.28. The first-order valence-electron chi connectivity index (χ1n) is 7.71. The molecule has 0 aromatic carbocycles. The molecule has 1 unspecified atom stereocenters. The standard InChI is InChI=1S/C16H23N5/c1-11(10-17-14-6-7-14)9-15-12(2)20-21(13(15)3)16-5-4-8-18-19-16/h4-5,8,11,14,17H,6-7,9-10H2,1-3H3. The zero-order valence-electron chi connectivity index (χ0n) is 13.0. The van der Waals surface area contributed by atoms with Gasteiger partial charge in [0.15, 0.2) is 5.82 Å². The molecule has 5 nitrogen and oxygen atoms in total. The van der Waals surface area contributed by atoms with E-state index < -0.39 is 0 Å². The van der Waals surface area contributed by atoms with E-state index in [0.717, 1.165) is 30.5 Å². The number of rotatable bonds is 6. The summed E-state index contributed by atoms with van der Waals surface area (Å²) in [4.78, 5) is 0. The van der Waals surface area contributed by atoms with Crippen molar-refractivity contribution in [2.45, 2.75) is 46.1 Å². The van der Waals surface area contributed by atoms with E-state index in [0.29, 0.717) is 5.92 Å². The smallest absolute Gasteiger partial charge is 0.175 e. The van der Waals surface area contributed by atoms with Crippen LogP contribution in [0, 0.1) is 19.8 Å². The fraction of sp³-hybridized carbons (Fsp3) is 0.562. The molecule has 1 saturated carbocycles. The van der Waals surface area contributed by atoms with Gasteiger partial charge >= 0.3 is 0 Å². The summed E-state index contributed by atoms with van der Waals surface area (Å²) >= 11 is 0. The molecule has 2 aromatic heterocycles. The molecule has 1 atom stereocenters. The Kier molecular flexibility index (Phi) is 4.01. The summed E-state index contributed by atoms with van der Waals surface area (Å²) in [6, 6.07) is 4.60. The minimum Gasteiger partial charge on any atom is -0.314 e. The quantitative estimate of drug-likeness (QED) is 0.884. The number of aromatic nitrogens is 4. The summed E-state index contributed by atoms with van der Waals surface area (Å²) in [6.07, 6.45) is 5.42. The van der Waals surface area contributed by atoms with Crippen molar-refractivity contribution in [2.24, 2.45) is 5.92 Å². The van der Waals surface area contributed by atoms with E-state index in [1.165, 1.54) is 24.1 Å². The van der Waals surface area contributed by atoms with Crippen molar-refractivity contribution in [3.8, 4) is 5.82 Å². The van der Waals surface area contributed by atoms with Gasteiger partial charge in [0.2, 0.25) is 0 Å². The maximum Gasteiger partial charge on any atom is 0.175 e. The SMILES string of the molecule is Cc1nn(-c2cccnn2)c(C)c1CC(C)CNC1CC1. The number of aryl methyl sites for hydroxylation is 1. The van der Waals surface area contributed by atoms with Crippen molar-refractivity contribution in [2.75, 3.05) is 6.54 Å². The van der Waals surface area contributed by atoms with Gasteiger partial charge in [-0.3, -0.25) is 0 Å². The van der Waals surface area contributed by atoms with Gasteiger partial charge in [-0.25, -0.2) is 4.68 Å². The van der Waals surface area contributed by atoms with Crippen molar-refractivity contribution >= 4 is 0 Å². The van der Waals surface area contributed by atoms with Crippen LogP contribution < -0.4 is 5.32 Å². The normalized spacial score (nSPS) is 16.1. The highest BCUT2D eigenvalue weighted by atomic mass is 15.3. The predicted octanol–water partition coefficient (Wildman–Crippen LogP) is 2.21. The Morgan fingerprint density at radius 1 is 1.38 bits per heavy atom. The third-order valence-corrected chi connectivity index (χ3v) is 4.10. The number of nitrogens with one attached hydrogen (secondary N) is 1. The van der Waals surface area contributed by atoms with Crippen molar-refractivity contribution in [1.82, 2.24) is 25.3 Å². The lowest BCUT2D eigenvalue weighted by atomic mass is 9.99. The van der Waals surface area contributed by atoms with Crippen LogP contribution in [-0.2, 0) is 6.42 Å². The third kappa shape index (κ3) is 3.29. The molecule has 3 rings (SSSR count). The van der Waals surface area contributed by atoms with Crippen LogP contribution in [0.5, 0.6) is 0 Å². The van der Waals surface area contributed by atoms with Crippen molar-refractivity contribution in [3.05, 3.63) is 35.3 Å². The highest BCUT2D eigenvalue weighted by molar-refractivity contribution is 5.31. The topological polar surface area (TPSA) is 55.6 Å². The highest BCUT2D eigenvalue weighted by Gasteiger charge is 2.22. The second kappa shape index (κ2) is 5.93. The zero-order chi connectivity index (χ0) is 14.8. The fourth-order valence-corrected chi connectivity index (χ4v) is 2.68. The zero-order valence-corrected chi connectivity index (χ0v) is 13.0. The summed E-state index contributed by atoms with van der Waals surface area (Å²) in [6.45, 7) is 7.58. The van der Waals surface area contributed by atoms with Crippen LogP contribution in [0.2, 0.25) is 0 Å². The van der Waals surface area contributed by atoms with E-state index in [1.807, 2.05) is 16.8 Å². The van der Waals surface area contributed by atoms with Crippen LogP contribution in [-0.4, -0.2) is 32.6 Å². The Bertz CT molecular complexity index is 601.